The van der Waals surface area contributed by atoms with Crippen molar-refractivity contribution < 1.29 is 19.2 Å². The van der Waals surface area contributed by atoms with Crippen LogP contribution in [0, 0.1) is 0 Å². The van der Waals surface area contributed by atoms with E-state index in [0.717, 1.165) is 41.8 Å². The fourth-order valence-corrected chi connectivity index (χ4v) is 4.46. The summed E-state index contributed by atoms with van der Waals surface area (Å²) in [7, 11) is 0. The smallest absolute Gasteiger partial charge is 0.341 e. The van der Waals surface area contributed by atoms with Crippen molar-refractivity contribution in [1.82, 2.24) is 5.16 Å². The Hall–Kier alpha value is -2.44. The van der Waals surface area contributed by atoms with E-state index in [0.29, 0.717) is 16.5 Å². The first kappa shape index (κ1) is 18.9. The molecule has 5 nitrogen and oxygen atoms in total. The van der Waals surface area contributed by atoms with Crippen LogP contribution in [0.3, 0.4) is 0 Å². The summed E-state index contributed by atoms with van der Waals surface area (Å²) < 4.78 is 10.9. The molecule has 7 heteroatoms. The molecule has 0 spiro atoms. The number of carbonyl (C=O) groups is 1. The molecular weight excluding hydrogens is 398 g/mol. The second-order valence-corrected chi connectivity index (χ2v) is 7.98. The molecule has 144 valence electrons. The maximum absolute atomic E-state index is 10.8. The Kier molecular flexibility index (Phi) is 5.59. The van der Waals surface area contributed by atoms with Crippen LogP contribution in [0.2, 0.25) is 5.02 Å². The highest BCUT2D eigenvalue weighted by Gasteiger charge is 2.20. The third-order valence-electron chi connectivity index (χ3n) is 4.62. The number of aromatic nitrogens is 1. The molecule has 0 unspecified atom stereocenters. The Morgan fingerprint density at radius 1 is 1.18 bits per heavy atom. The van der Waals surface area contributed by atoms with Crippen molar-refractivity contribution in [1.29, 1.82) is 0 Å². The van der Waals surface area contributed by atoms with E-state index in [4.69, 9.17) is 26.0 Å². The normalized spacial score (nSPS) is 12.8. The number of benzene rings is 2. The van der Waals surface area contributed by atoms with Crippen molar-refractivity contribution in [3.8, 4) is 17.0 Å². The number of hydrogen-bond donors (Lipinski definition) is 1. The Morgan fingerprint density at radius 2 is 1.96 bits per heavy atom. The van der Waals surface area contributed by atoms with Crippen molar-refractivity contribution >= 4 is 29.3 Å². The summed E-state index contributed by atoms with van der Waals surface area (Å²) in [5.74, 6) is 1.19. The standard InChI is InChI=1S/C21H18ClNO4S/c22-14-6-4-13(5-7-14)18-10-15(27-23-18)12-28-20-9-8-19(26-11-21(24)25)16-2-1-3-17(16)20/h4-10H,1-3,11-12H2,(H,24,25). The summed E-state index contributed by atoms with van der Waals surface area (Å²) in [6, 6.07) is 13.3. The van der Waals surface area contributed by atoms with Gasteiger partial charge in [0, 0.05) is 21.5 Å². The van der Waals surface area contributed by atoms with Crippen LogP contribution in [-0.4, -0.2) is 22.8 Å². The van der Waals surface area contributed by atoms with Crippen molar-refractivity contribution in [2.75, 3.05) is 6.61 Å². The minimum atomic E-state index is -0.966. The van der Waals surface area contributed by atoms with E-state index in [1.807, 2.05) is 42.5 Å². The zero-order chi connectivity index (χ0) is 19.5. The van der Waals surface area contributed by atoms with Crippen LogP contribution in [0.1, 0.15) is 23.3 Å². The number of aliphatic carboxylic acids is 1. The van der Waals surface area contributed by atoms with Crippen LogP contribution in [-0.2, 0) is 23.4 Å². The molecule has 0 radical (unpaired) electrons. The number of thioether (sulfide) groups is 1. The van der Waals surface area contributed by atoms with Gasteiger partial charge in [0.1, 0.15) is 17.2 Å². The highest BCUT2D eigenvalue weighted by atomic mass is 35.5. The van der Waals surface area contributed by atoms with Gasteiger partial charge in [-0.05, 0) is 54.7 Å². The molecule has 1 heterocycles. The first-order valence-electron chi connectivity index (χ1n) is 8.94. The number of carboxylic acids is 1. The van der Waals surface area contributed by atoms with Crippen molar-refractivity contribution in [3.63, 3.8) is 0 Å². The van der Waals surface area contributed by atoms with E-state index >= 15 is 0 Å². The van der Waals surface area contributed by atoms with E-state index in [2.05, 4.69) is 5.16 Å². The van der Waals surface area contributed by atoms with E-state index in [9.17, 15) is 4.79 Å². The van der Waals surface area contributed by atoms with Gasteiger partial charge in [-0.25, -0.2) is 4.79 Å². The third kappa shape index (κ3) is 4.18. The molecule has 3 aromatic rings. The summed E-state index contributed by atoms with van der Waals surface area (Å²) in [5.41, 5.74) is 4.14. The molecule has 1 aliphatic carbocycles. The number of nitrogens with zero attached hydrogens (tertiary/aromatic N) is 1. The van der Waals surface area contributed by atoms with Gasteiger partial charge in [-0.3, -0.25) is 0 Å². The van der Waals surface area contributed by atoms with Crippen LogP contribution in [0.5, 0.6) is 5.75 Å². The quantitative estimate of drug-likeness (QED) is 0.532. The van der Waals surface area contributed by atoms with Gasteiger partial charge in [0.25, 0.3) is 0 Å². The van der Waals surface area contributed by atoms with E-state index in [-0.39, 0.29) is 6.61 Å². The number of ether oxygens (including phenoxy) is 1. The van der Waals surface area contributed by atoms with Crippen molar-refractivity contribution in [3.05, 3.63) is 64.4 Å². The van der Waals surface area contributed by atoms with Gasteiger partial charge in [-0.1, -0.05) is 28.9 Å². The monoisotopic (exact) mass is 415 g/mol. The lowest BCUT2D eigenvalue weighted by atomic mass is 10.1. The average Bonchev–Trinajstić information content (AvgIpc) is 3.35. The summed E-state index contributed by atoms with van der Waals surface area (Å²) in [5, 5.41) is 13.7. The largest absolute Gasteiger partial charge is 0.482 e. The Labute approximate surface area is 171 Å². The lowest BCUT2D eigenvalue weighted by Crippen LogP contribution is -2.10. The van der Waals surface area contributed by atoms with Crippen LogP contribution < -0.4 is 4.74 Å². The molecule has 0 saturated heterocycles. The minimum Gasteiger partial charge on any atom is -0.482 e. The fraction of sp³-hybridized carbons (Fsp3) is 0.238. The molecule has 1 aromatic heterocycles. The van der Waals surface area contributed by atoms with E-state index in [1.165, 1.54) is 10.5 Å². The average molecular weight is 416 g/mol. The van der Waals surface area contributed by atoms with Gasteiger partial charge >= 0.3 is 5.97 Å². The molecule has 1 N–H and O–H groups in total. The zero-order valence-electron chi connectivity index (χ0n) is 15.0. The van der Waals surface area contributed by atoms with Gasteiger partial charge in [0.05, 0.1) is 5.75 Å². The summed E-state index contributed by atoms with van der Waals surface area (Å²) in [4.78, 5) is 11.9. The Morgan fingerprint density at radius 3 is 2.75 bits per heavy atom. The van der Waals surface area contributed by atoms with Crippen LogP contribution in [0.25, 0.3) is 11.3 Å². The van der Waals surface area contributed by atoms with Crippen LogP contribution >= 0.6 is 23.4 Å². The summed E-state index contributed by atoms with van der Waals surface area (Å²) in [6.45, 7) is -0.315. The first-order valence-corrected chi connectivity index (χ1v) is 10.3. The van der Waals surface area contributed by atoms with E-state index in [1.54, 1.807) is 11.8 Å². The van der Waals surface area contributed by atoms with Gasteiger partial charge in [-0.15, -0.1) is 11.8 Å². The highest BCUT2D eigenvalue weighted by Crippen LogP contribution is 2.39. The molecule has 4 rings (SSSR count). The number of rotatable bonds is 7. The molecule has 0 atom stereocenters. The lowest BCUT2D eigenvalue weighted by molar-refractivity contribution is -0.139. The third-order valence-corrected chi connectivity index (χ3v) is 5.99. The number of hydrogen-bond acceptors (Lipinski definition) is 5. The lowest BCUT2D eigenvalue weighted by Gasteiger charge is -2.12. The highest BCUT2D eigenvalue weighted by molar-refractivity contribution is 7.98. The second kappa shape index (κ2) is 8.29. The minimum absolute atomic E-state index is 0.315. The van der Waals surface area contributed by atoms with Crippen molar-refractivity contribution in [2.24, 2.45) is 0 Å². The molecule has 1 aliphatic rings. The molecule has 0 bridgehead atoms. The topological polar surface area (TPSA) is 72.6 Å². The van der Waals surface area contributed by atoms with Gasteiger partial charge in [-0.2, -0.15) is 0 Å². The molecule has 28 heavy (non-hydrogen) atoms. The summed E-state index contributed by atoms with van der Waals surface area (Å²) in [6.07, 6.45) is 2.95. The maximum Gasteiger partial charge on any atom is 0.341 e. The van der Waals surface area contributed by atoms with E-state index < -0.39 is 5.97 Å². The predicted molar refractivity (Wildman–Crippen MR) is 108 cm³/mol. The maximum atomic E-state index is 10.8. The number of fused-ring (bicyclic) bond motifs is 1. The summed E-state index contributed by atoms with van der Waals surface area (Å²) >= 11 is 7.63. The van der Waals surface area contributed by atoms with Crippen LogP contribution in [0.4, 0.5) is 0 Å². The zero-order valence-corrected chi connectivity index (χ0v) is 16.6. The number of halogens is 1. The fourth-order valence-electron chi connectivity index (χ4n) is 3.34. The van der Waals surface area contributed by atoms with Crippen molar-refractivity contribution in [2.45, 2.75) is 29.9 Å². The second-order valence-electron chi connectivity index (χ2n) is 6.53. The van der Waals surface area contributed by atoms with Gasteiger partial charge < -0.3 is 14.4 Å². The van der Waals surface area contributed by atoms with Gasteiger partial charge in [0.15, 0.2) is 6.61 Å². The molecule has 0 fully saturated rings. The molecule has 2 aromatic carbocycles. The molecular formula is C21H18ClNO4S. The molecule has 0 amide bonds. The predicted octanol–water partition coefficient (Wildman–Crippen LogP) is 5.24. The van der Waals surface area contributed by atoms with Crippen LogP contribution in [0.15, 0.2) is 51.9 Å². The SMILES string of the molecule is O=C(O)COc1ccc(SCc2cc(-c3ccc(Cl)cc3)no2)c2c1CCC2. The Balaban J connectivity index is 1.46. The Bertz CT molecular complexity index is 1000. The molecule has 0 saturated carbocycles. The number of carboxylic acid groups (broad SMARTS) is 1. The van der Waals surface area contributed by atoms with Gasteiger partial charge in [0.2, 0.25) is 0 Å². The molecule has 0 aliphatic heterocycles. The first-order chi connectivity index (χ1) is 13.6.